The Bertz CT molecular complexity index is 170. The van der Waals surface area contributed by atoms with Gasteiger partial charge in [0, 0.05) is 12.6 Å². The van der Waals surface area contributed by atoms with E-state index in [1.165, 1.54) is 57.8 Å². The summed E-state index contributed by atoms with van der Waals surface area (Å²) in [6.07, 6.45) is 12.4. The molecule has 0 bridgehead atoms. The first kappa shape index (κ1) is 15.0. The van der Waals surface area contributed by atoms with Crippen molar-refractivity contribution in [2.45, 2.75) is 83.8 Å². The summed E-state index contributed by atoms with van der Waals surface area (Å²) in [5, 5.41) is 3.55. The lowest BCUT2D eigenvalue weighted by Crippen LogP contribution is -2.36. The Labute approximate surface area is 108 Å². The van der Waals surface area contributed by atoms with Gasteiger partial charge in [-0.05, 0) is 38.6 Å². The third-order valence-electron chi connectivity index (χ3n) is 3.72. The Hall–Kier alpha value is -0.0800. The smallest absolute Gasteiger partial charge is 0.0590 e. The molecular weight excluding hydrogens is 210 g/mol. The first-order valence-corrected chi connectivity index (χ1v) is 7.71. The first-order valence-electron chi connectivity index (χ1n) is 7.71. The molecule has 0 amide bonds. The zero-order valence-electron chi connectivity index (χ0n) is 11.8. The van der Waals surface area contributed by atoms with Crippen LogP contribution in [0.3, 0.4) is 0 Å². The second kappa shape index (κ2) is 9.90. The van der Waals surface area contributed by atoms with Crippen molar-refractivity contribution in [3.8, 4) is 0 Å². The van der Waals surface area contributed by atoms with E-state index in [-0.39, 0.29) is 0 Å². The molecule has 0 aromatic carbocycles. The highest BCUT2D eigenvalue weighted by molar-refractivity contribution is 4.77. The summed E-state index contributed by atoms with van der Waals surface area (Å²) < 4.78 is 6.00. The van der Waals surface area contributed by atoms with E-state index in [2.05, 4.69) is 19.2 Å². The van der Waals surface area contributed by atoms with E-state index in [9.17, 15) is 0 Å². The van der Waals surface area contributed by atoms with Crippen LogP contribution < -0.4 is 5.32 Å². The molecular formula is C15H31NO. The normalized spacial score (nSPS) is 25.1. The van der Waals surface area contributed by atoms with E-state index >= 15 is 0 Å². The molecule has 17 heavy (non-hydrogen) atoms. The topological polar surface area (TPSA) is 21.3 Å². The van der Waals surface area contributed by atoms with Gasteiger partial charge in [0.15, 0.2) is 0 Å². The minimum atomic E-state index is 0.527. The average Bonchev–Trinajstić information content (AvgIpc) is 2.35. The molecule has 0 aliphatic heterocycles. The Morgan fingerprint density at radius 1 is 1.06 bits per heavy atom. The molecule has 0 spiro atoms. The summed E-state index contributed by atoms with van der Waals surface area (Å²) in [7, 11) is 0. The van der Waals surface area contributed by atoms with Crippen molar-refractivity contribution in [1.82, 2.24) is 5.32 Å². The van der Waals surface area contributed by atoms with Crippen molar-refractivity contribution in [2.24, 2.45) is 0 Å². The highest BCUT2D eigenvalue weighted by Crippen LogP contribution is 2.21. The van der Waals surface area contributed by atoms with E-state index in [1.54, 1.807) is 0 Å². The van der Waals surface area contributed by atoms with E-state index < -0.39 is 0 Å². The zero-order valence-corrected chi connectivity index (χ0v) is 11.8. The van der Waals surface area contributed by atoms with Gasteiger partial charge in [-0.3, -0.25) is 0 Å². The van der Waals surface area contributed by atoms with Gasteiger partial charge in [-0.1, -0.05) is 39.5 Å². The number of hydrogen-bond donors (Lipinski definition) is 1. The van der Waals surface area contributed by atoms with Crippen LogP contribution in [-0.4, -0.2) is 25.3 Å². The van der Waals surface area contributed by atoms with E-state index in [1.807, 2.05) is 0 Å². The second-order valence-electron chi connectivity index (χ2n) is 5.33. The van der Waals surface area contributed by atoms with Gasteiger partial charge in [-0.15, -0.1) is 0 Å². The lowest BCUT2D eigenvalue weighted by molar-refractivity contribution is 0.0178. The molecule has 1 saturated carbocycles. The highest BCUT2D eigenvalue weighted by Gasteiger charge is 2.21. The lowest BCUT2D eigenvalue weighted by atomic mass is 9.93. The third-order valence-corrected chi connectivity index (χ3v) is 3.72. The summed E-state index contributed by atoms with van der Waals surface area (Å²) in [5.41, 5.74) is 0. The predicted molar refractivity (Wildman–Crippen MR) is 74.4 cm³/mol. The van der Waals surface area contributed by atoms with Crippen LogP contribution in [0.15, 0.2) is 0 Å². The van der Waals surface area contributed by atoms with Crippen LogP contribution in [0.5, 0.6) is 0 Å². The molecule has 1 N–H and O–H groups in total. The standard InChI is InChI=1S/C15H31NO/c1-3-5-6-7-8-12-17-15-11-9-10-14(13-15)16-4-2/h14-16H,3-13H2,1-2H3. The van der Waals surface area contributed by atoms with Crippen molar-refractivity contribution in [1.29, 1.82) is 0 Å². The monoisotopic (exact) mass is 241 g/mol. The van der Waals surface area contributed by atoms with Crippen LogP contribution in [0.25, 0.3) is 0 Å². The number of rotatable bonds is 9. The number of ether oxygens (including phenoxy) is 1. The third kappa shape index (κ3) is 7.05. The summed E-state index contributed by atoms with van der Waals surface area (Å²) in [5.74, 6) is 0. The molecule has 0 saturated heterocycles. The van der Waals surface area contributed by atoms with Gasteiger partial charge in [-0.2, -0.15) is 0 Å². The fourth-order valence-electron chi connectivity index (χ4n) is 2.73. The van der Waals surface area contributed by atoms with Crippen molar-refractivity contribution >= 4 is 0 Å². The maximum atomic E-state index is 6.00. The Balaban J connectivity index is 1.98. The molecule has 2 nitrogen and oxygen atoms in total. The van der Waals surface area contributed by atoms with Crippen LogP contribution >= 0.6 is 0 Å². The lowest BCUT2D eigenvalue weighted by Gasteiger charge is -2.29. The summed E-state index contributed by atoms with van der Waals surface area (Å²) in [6.45, 7) is 6.53. The van der Waals surface area contributed by atoms with Gasteiger partial charge >= 0.3 is 0 Å². The van der Waals surface area contributed by atoms with E-state index in [0.29, 0.717) is 12.1 Å². The maximum Gasteiger partial charge on any atom is 0.0590 e. The molecule has 2 atom stereocenters. The largest absolute Gasteiger partial charge is 0.378 e. The molecule has 2 heteroatoms. The van der Waals surface area contributed by atoms with Crippen LogP contribution in [0.2, 0.25) is 0 Å². The van der Waals surface area contributed by atoms with Gasteiger partial charge in [0.2, 0.25) is 0 Å². The summed E-state index contributed by atoms with van der Waals surface area (Å²) >= 11 is 0. The highest BCUT2D eigenvalue weighted by atomic mass is 16.5. The van der Waals surface area contributed by atoms with Crippen molar-refractivity contribution in [3.05, 3.63) is 0 Å². The molecule has 0 radical (unpaired) electrons. The molecule has 1 fully saturated rings. The maximum absolute atomic E-state index is 6.00. The molecule has 0 heterocycles. The van der Waals surface area contributed by atoms with Crippen molar-refractivity contribution < 1.29 is 4.74 Å². The fourth-order valence-corrected chi connectivity index (χ4v) is 2.73. The van der Waals surface area contributed by atoms with Gasteiger partial charge in [0.05, 0.1) is 6.10 Å². The number of nitrogens with one attached hydrogen (secondary N) is 1. The average molecular weight is 241 g/mol. The number of hydrogen-bond acceptors (Lipinski definition) is 2. The summed E-state index contributed by atoms with van der Waals surface area (Å²) in [6, 6.07) is 0.707. The van der Waals surface area contributed by atoms with E-state index in [4.69, 9.17) is 4.74 Å². The second-order valence-corrected chi connectivity index (χ2v) is 5.33. The van der Waals surface area contributed by atoms with Gasteiger partial charge in [-0.25, -0.2) is 0 Å². The van der Waals surface area contributed by atoms with Crippen molar-refractivity contribution in [2.75, 3.05) is 13.2 Å². The van der Waals surface area contributed by atoms with Crippen LogP contribution in [0, 0.1) is 0 Å². The quantitative estimate of drug-likeness (QED) is 0.618. The molecule has 1 aliphatic rings. The van der Waals surface area contributed by atoms with Crippen molar-refractivity contribution in [3.63, 3.8) is 0 Å². The first-order chi connectivity index (χ1) is 8.36. The molecule has 0 aromatic heterocycles. The predicted octanol–water partition coefficient (Wildman–Crippen LogP) is 3.89. The zero-order chi connectivity index (χ0) is 12.3. The minimum absolute atomic E-state index is 0.527. The van der Waals surface area contributed by atoms with Gasteiger partial charge in [0.25, 0.3) is 0 Å². The van der Waals surface area contributed by atoms with Gasteiger partial charge < -0.3 is 10.1 Å². The molecule has 0 aromatic rings. The SMILES string of the molecule is CCCCCCCOC1CCCC(NCC)C1. The van der Waals surface area contributed by atoms with Gasteiger partial charge in [0.1, 0.15) is 0 Å². The summed E-state index contributed by atoms with van der Waals surface area (Å²) in [4.78, 5) is 0. The number of unbranched alkanes of at least 4 members (excludes halogenated alkanes) is 4. The Morgan fingerprint density at radius 3 is 2.65 bits per heavy atom. The minimum Gasteiger partial charge on any atom is -0.378 e. The molecule has 1 aliphatic carbocycles. The molecule has 2 unspecified atom stereocenters. The van der Waals surface area contributed by atoms with Crippen LogP contribution in [0.4, 0.5) is 0 Å². The molecule has 1 rings (SSSR count). The van der Waals surface area contributed by atoms with E-state index in [0.717, 1.165) is 13.2 Å². The van der Waals surface area contributed by atoms with Crippen LogP contribution in [0.1, 0.15) is 71.6 Å². The Morgan fingerprint density at radius 2 is 1.88 bits per heavy atom. The Kier molecular flexibility index (Phi) is 8.72. The molecule has 102 valence electrons. The van der Waals surface area contributed by atoms with Crippen LogP contribution in [-0.2, 0) is 4.74 Å². The fraction of sp³-hybridized carbons (Fsp3) is 1.00.